The predicted octanol–water partition coefficient (Wildman–Crippen LogP) is 3.05. The van der Waals surface area contributed by atoms with E-state index >= 15 is 0 Å². The summed E-state index contributed by atoms with van der Waals surface area (Å²) in [4.78, 5) is 14.2. The molecule has 0 saturated carbocycles. The highest BCUT2D eigenvalue weighted by Crippen LogP contribution is 2.30. The lowest BCUT2D eigenvalue weighted by Gasteiger charge is -2.30. The molecule has 1 aliphatic heterocycles. The number of hydrogen-bond acceptors (Lipinski definition) is 2. The number of carbonyl (C=O) groups is 1. The summed E-state index contributed by atoms with van der Waals surface area (Å²) in [5, 5.41) is 3.14. The number of hydrogen-bond donors (Lipinski definition) is 1. The van der Waals surface area contributed by atoms with Gasteiger partial charge in [-0.2, -0.15) is 0 Å². The second-order valence-corrected chi connectivity index (χ2v) is 5.34. The van der Waals surface area contributed by atoms with Crippen LogP contribution in [-0.2, 0) is 11.2 Å². The van der Waals surface area contributed by atoms with Gasteiger partial charge in [0.15, 0.2) is 0 Å². The van der Waals surface area contributed by atoms with Gasteiger partial charge in [-0.15, -0.1) is 0 Å². The van der Waals surface area contributed by atoms with Crippen LogP contribution in [0, 0.1) is 5.92 Å². The minimum absolute atomic E-state index is 0.249. The highest BCUT2D eigenvalue weighted by atomic mass is 16.2. The van der Waals surface area contributed by atoms with Crippen molar-refractivity contribution in [3.8, 4) is 0 Å². The summed E-state index contributed by atoms with van der Waals surface area (Å²) in [6.07, 6.45) is 2.77. The SMILES string of the molecule is CNc1ccc2c(c1)N(C(=O)CC(C)C)CCC2. The number of nitrogens with zero attached hydrogens (tertiary/aromatic N) is 1. The van der Waals surface area contributed by atoms with Crippen LogP contribution in [0.15, 0.2) is 18.2 Å². The lowest BCUT2D eigenvalue weighted by Crippen LogP contribution is -2.36. The first-order valence-electron chi connectivity index (χ1n) is 6.73. The monoisotopic (exact) mass is 246 g/mol. The Morgan fingerprint density at radius 1 is 1.44 bits per heavy atom. The predicted molar refractivity (Wildman–Crippen MR) is 76.1 cm³/mol. The van der Waals surface area contributed by atoms with E-state index in [0.717, 1.165) is 30.8 Å². The molecular weight excluding hydrogens is 224 g/mol. The van der Waals surface area contributed by atoms with Crippen LogP contribution in [0.3, 0.4) is 0 Å². The highest BCUT2D eigenvalue weighted by molar-refractivity contribution is 5.95. The summed E-state index contributed by atoms with van der Waals surface area (Å²) < 4.78 is 0. The van der Waals surface area contributed by atoms with Crippen LogP contribution in [0.1, 0.15) is 32.3 Å². The van der Waals surface area contributed by atoms with E-state index in [4.69, 9.17) is 0 Å². The molecule has 1 aliphatic rings. The van der Waals surface area contributed by atoms with Gasteiger partial charge in [-0.1, -0.05) is 19.9 Å². The second kappa shape index (κ2) is 5.42. The maximum atomic E-state index is 12.3. The Kier molecular flexibility index (Phi) is 3.90. The molecule has 2 rings (SSSR count). The molecule has 1 aromatic rings. The molecule has 0 bridgehead atoms. The summed E-state index contributed by atoms with van der Waals surface area (Å²) in [5.41, 5.74) is 3.45. The van der Waals surface area contributed by atoms with Gasteiger partial charge in [0.1, 0.15) is 0 Å². The fourth-order valence-electron chi connectivity index (χ4n) is 2.45. The van der Waals surface area contributed by atoms with E-state index in [1.165, 1.54) is 5.56 Å². The molecule has 98 valence electrons. The smallest absolute Gasteiger partial charge is 0.227 e. The standard InChI is InChI=1S/C15H22N2O/c1-11(2)9-15(18)17-8-4-5-12-6-7-13(16-3)10-14(12)17/h6-7,10-11,16H,4-5,8-9H2,1-3H3. The largest absolute Gasteiger partial charge is 0.388 e. The van der Waals surface area contributed by atoms with Crippen molar-refractivity contribution in [3.63, 3.8) is 0 Å². The van der Waals surface area contributed by atoms with Gasteiger partial charge < -0.3 is 10.2 Å². The molecule has 1 N–H and O–H groups in total. The molecule has 0 unspecified atom stereocenters. The summed E-state index contributed by atoms with van der Waals surface area (Å²) >= 11 is 0. The molecule has 1 amide bonds. The molecule has 0 fully saturated rings. The molecular formula is C15H22N2O. The summed E-state index contributed by atoms with van der Waals surface area (Å²) in [7, 11) is 1.91. The van der Waals surface area contributed by atoms with Crippen molar-refractivity contribution in [3.05, 3.63) is 23.8 Å². The normalized spacial score (nSPS) is 14.6. The minimum Gasteiger partial charge on any atom is -0.388 e. The third-order valence-corrected chi connectivity index (χ3v) is 3.38. The summed E-state index contributed by atoms with van der Waals surface area (Å²) in [6, 6.07) is 6.30. The van der Waals surface area contributed by atoms with Crippen molar-refractivity contribution in [1.82, 2.24) is 0 Å². The van der Waals surface area contributed by atoms with Gasteiger partial charge in [-0.25, -0.2) is 0 Å². The average molecular weight is 246 g/mol. The summed E-state index contributed by atoms with van der Waals surface area (Å²) in [5.74, 6) is 0.662. The summed E-state index contributed by atoms with van der Waals surface area (Å²) in [6.45, 7) is 5.03. The number of nitrogens with one attached hydrogen (secondary N) is 1. The number of benzene rings is 1. The third kappa shape index (κ3) is 2.66. The Hall–Kier alpha value is -1.51. The van der Waals surface area contributed by atoms with Crippen molar-refractivity contribution in [2.24, 2.45) is 5.92 Å². The number of carbonyl (C=O) groups excluding carboxylic acids is 1. The van der Waals surface area contributed by atoms with Gasteiger partial charge in [-0.3, -0.25) is 4.79 Å². The zero-order valence-electron chi connectivity index (χ0n) is 11.5. The molecule has 3 heteroatoms. The number of rotatable bonds is 3. The molecule has 0 saturated heterocycles. The Balaban J connectivity index is 2.28. The van der Waals surface area contributed by atoms with Crippen LogP contribution in [-0.4, -0.2) is 19.5 Å². The topological polar surface area (TPSA) is 32.3 Å². The Bertz CT molecular complexity index is 440. The van der Waals surface area contributed by atoms with Gasteiger partial charge in [0, 0.05) is 31.4 Å². The van der Waals surface area contributed by atoms with Gasteiger partial charge in [0.2, 0.25) is 5.91 Å². The lowest BCUT2D eigenvalue weighted by atomic mass is 9.99. The van der Waals surface area contributed by atoms with Crippen LogP contribution < -0.4 is 10.2 Å². The molecule has 0 spiro atoms. The molecule has 0 atom stereocenters. The average Bonchev–Trinajstić information content (AvgIpc) is 2.36. The van der Waals surface area contributed by atoms with Gasteiger partial charge in [0.05, 0.1) is 0 Å². The van der Waals surface area contributed by atoms with Gasteiger partial charge in [-0.05, 0) is 36.5 Å². The van der Waals surface area contributed by atoms with Crippen molar-refractivity contribution in [2.45, 2.75) is 33.1 Å². The van der Waals surface area contributed by atoms with E-state index in [9.17, 15) is 4.79 Å². The zero-order chi connectivity index (χ0) is 13.1. The maximum absolute atomic E-state index is 12.3. The van der Waals surface area contributed by atoms with E-state index < -0.39 is 0 Å². The van der Waals surface area contributed by atoms with Crippen molar-refractivity contribution in [1.29, 1.82) is 0 Å². The van der Waals surface area contributed by atoms with E-state index in [1.54, 1.807) is 0 Å². The number of aryl methyl sites for hydroxylation is 1. The van der Waals surface area contributed by atoms with E-state index in [0.29, 0.717) is 12.3 Å². The molecule has 3 nitrogen and oxygen atoms in total. The van der Waals surface area contributed by atoms with Crippen LogP contribution in [0.2, 0.25) is 0 Å². The number of anilines is 2. The first-order chi connectivity index (χ1) is 8.61. The van der Waals surface area contributed by atoms with Crippen LogP contribution in [0.25, 0.3) is 0 Å². The minimum atomic E-state index is 0.249. The molecule has 0 aromatic heterocycles. The zero-order valence-corrected chi connectivity index (χ0v) is 11.5. The fourth-order valence-corrected chi connectivity index (χ4v) is 2.45. The van der Waals surface area contributed by atoms with E-state index in [2.05, 4.69) is 37.4 Å². The Morgan fingerprint density at radius 2 is 2.22 bits per heavy atom. The Labute approximate surface area is 109 Å². The quantitative estimate of drug-likeness (QED) is 0.889. The molecule has 1 heterocycles. The first kappa shape index (κ1) is 12.9. The van der Waals surface area contributed by atoms with Crippen LogP contribution >= 0.6 is 0 Å². The van der Waals surface area contributed by atoms with Gasteiger partial charge in [0.25, 0.3) is 0 Å². The van der Waals surface area contributed by atoms with Gasteiger partial charge >= 0.3 is 0 Å². The van der Waals surface area contributed by atoms with Crippen molar-refractivity contribution in [2.75, 3.05) is 23.8 Å². The van der Waals surface area contributed by atoms with E-state index in [-0.39, 0.29) is 5.91 Å². The lowest BCUT2D eigenvalue weighted by molar-refractivity contribution is -0.119. The fraction of sp³-hybridized carbons (Fsp3) is 0.533. The van der Waals surface area contributed by atoms with Crippen LogP contribution in [0.4, 0.5) is 11.4 Å². The van der Waals surface area contributed by atoms with Crippen LogP contribution in [0.5, 0.6) is 0 Å². The number of amides is 1. The first-order valence-corrected chi connectivity index (χ1v) is 6.73. The van der Waals surface area contributed by atoms with E-state index in [1.807, 2.05) is 11.9 Å². The maximum Gasteiger partial charge on any atom is 0.227 e. The second-order valence-electron chi connectivity index (χ2n) is 5.34. The molecule has 0 radical (unpaired) electrons. The molecule has 0 aliphatic carbocycles. The molecule has 1 aromatic carbocycles. The highest BCUT2D eigenvalue weighted by Gasteiger charge is 2.23. The number of fused-ring (bicyclic) bond motifs is 1. The Morgan fingerprint density at radius 3 is 2.89 bits per heavy atom. The van der Waals surface area contributed by atoms with Crippen molar-refractivity contribution < 1.29 is 4.79 Å². The molecule has 18 heavy (non-hydrogen) atoms. The van der Waals surface area contributed by atoms with Crippen molar-refractivity contribution >= 4 is 17.3 Å². The third-order valence-electron chi connectivity index (χ3n) is 3.38.